The van der Waals surface area contributed by atoms with Crippen LogP contribution < -0.4 is 0 Å². The number of nitro groups is 1. The minimum atomic E-state index is -0.452. The van der Waals surface area contributed by atoms with Crippen molar-refractivity contribution >= 4 is 11.6 Å². The largest absolute Gasteiger partial charge is 0.472 e. The number of nitrogens with zero attached hydrogens (tertiary/aromatic N) is 4. The molecule has 9 nitrogen and oxygen atoms in total. The maximum Gasteiger partial charge on any atom is 0.269 e. The topological polar surface area (TPSA) is 116 Å². The second kappa shape index (κ2) is 7.63. The van der Waals surface area contributed by atoms with Crippen LogP contribution in [0.5, 0.6) is 0 Å². The number of carbonyl (C=O) groups is 1. The summed E-state index contributed by atoms with van der Waals surface area (Å²) in [4.78, 5) is 24.6. The van der Waals surface area contributed by atoms with Crippen molar-refractivity contribution in [2.75, 3.05) is 13.1 Å². The molecule has 0 atom stereocenters. The lowest BCUT2D eigenvalue weighted by molar-refractivity contribution is -0.384. The van der Waals surface area contributed by atoms with Gasteiger partial charge in [-0.05, 0) is 24.5 Å². The van der Waals surface area contributed by atoms with E-state index in [4.69, 9.17) is 8.83 Å². The van der Waals surface area contributed by atoms with Gasteiger partial charge in [0, 0.05) is 31.1 Å². The van der Waals surface area contributed by atoms with Gasteiger partial charge < -0.3 is 13.7 Å². The lowest BCUT2D eigenvalue weighted by Crippen LogP contribution is -2.38. The molecule has 0 unspecified atom stereocenters. The van der Waals surface area contributed by atoms with Crippen molar-refractivity contribution in [1.82, 2.24) is 15.1 Å². The third-order valence-electron chi connectivity index (χ3n) is 4.91. The fraction of sp³-hybridized carbons (Fsp3) is 0.316. The molecule has 0 bridgehead atoms. The van der Waals surface area contributed by atoms with Gasteiger partial charge in [-0.15, -0.1) is 10.2 Å². The number of benzene rings is 1. The minimum Gasteiger partial charge on any atom is -0.472 e. The summed E-state index contributed by atoms with van der Waals surface area (Å²) in [5.74, 6) is 1.15. The van der Waals surface area contributed by atoms with Gasteiger partial charge in [0.1, 0.15) is 6.26 Å². The number of nitro benzene ring substituents is 1. The molecule has 144 valence electrons. The van der Waals surface area contributed by atoms with E-state index < -0.39 is 4.92 Å². The SMILES string of the molecule is O=C(Cc1ccc([N+](=O)[O-])cc1)N1CCC(c2nnc(-c3ccoc3)o2)CC1. The molecular formula is C19H18N4O5. The smallest absolute Gasteiger partial charge is 0.269 e. The molecule has 1 aromatic carbocycles. The molecule has 1 amide bonds. The van der Waals surface area contributed by atoms with Gasteiger partial charge in [0.2, 0.25) is 11.8 Å². The highest BCUT2D eigenvalue weighted by Gasteiger charge is 2.27. The summed E-state index contributed by atoms with van der Waals surface area (Å²) in [7, 11) is 0. The molecule has 1 saturated heterocycles. The summed E-state index contributed by atoms with van der Waals surface area (Å²) in [5.41, 5.74) is 1.53. The summed E-state index contributed by atoms with van der Waals surface area (Å²) in [6.07, 6.45) is 4.83. The Morgan fingerprint density at radius 2 is 1.93 bits per heavy atom. The number of furan rings is 1. The van der Waals surface area contributed by atoms with Crippen LogP contribution in [0.3, 0.4) is 0 Å². The maximum atomic E-state index is 12.5. The Balaban J connectivity index is 1.32. The van der Waals surface area contributed by atoms with Gasteiger partial charge in [-0.25, -0.2) is 0 Å². The summed E-state index contributed by atoms with van der Waals surface area (Å²) in [5, 5.41) is 18.9. The van der Waals surface area contributed by atoms with Crippen molar-refractivity contribution < 1.29 is 18.6 Å². The Hall–Kier alpha value is -3.49. The highest BCUT2D eigenvalue weighted by atomic mass is 16.6. The van der Waals surface area contributed by atoms with Crippen LogP contribution in [0.25, 0.3) is 11.5 Å². The van der Waals surface area contributed by atoms with Gasteiger partial charge >= 0.3 is 0 Å². The van der Waals surface area contributed by atoms with Crippen LogP contribution in [0.2, 0.25) is 0 Å². The Kier molecular flexibility index (Phi) is 4.88. The van der Waals surface area contributed by atoms with Crippen molar-refractivity contribution in [3.63, 3.8) is 0 Å². The van der Waals surface area contributed by atoms with E-state index in [1.54, 1.807) is 30.7 Å². The number of non-ortho nitro benzene ring substituents is 1. The average Bonchev–Trinajstić information content (AvgIpc) is 3.40. The third-order valence-corrected chi connectivity index (χ3v) is 4.91. The Bertz CT molecular complexity index is 957. The lowest BCUT2D eigenvalue weighted by atomic mass is 9.96. The first kappa shape index (κ1) is 17.9. The number of aromatic nitrogens is 2. The maximum absolute atomic E-state index is 12.5. The van der Waals surface area contributed by atoms with E-state index in [0.29, 0.717) is 24.9 Å². The molecule has 0 N–H and O–H groups in total. The summed E-state index contributed by atoms with van der Waals surface area (Å²) in [6, 6.07) is 7.85. The summed E-state index contributed by atoms with van der Waals surface area (Å²) in [6.45, 7) is 1.22. The predicted octanol–water partition coefficient (Wildman–Crippen LogP) is 3.19. The predicted molar refractivity (Wildman–Crippen MR) is 97.4 cm³/mol. The zero-order valence-corrected chi connectivity index (χ0v) is 15.0. The fourth-order valence-corrected chi connectivity index (χ4v) is 3.30. The van der Waals surface area contributed by atoms with E-state index in [1.807, 2.05) is 4.90 Å². The van der Waals surface area contributed by atoms with Gasteiger partial charge in [-0.2, -0.15) is 0 Å². The number of likely N-dealkylation sites (tertiary alicyclic amines) is 1. The second-order valence-electron chi connectivity index (χ2n) is 6.71. The molecule has 1 aliphatic heterocycles. The van der Waals surface area contributed by atoms with Crippen LogP contribution in [0, 0.1) is 10.1 Å². The minimum absolute atomic E-state index is 0.0110. The lowest BCUT2D eigenvalue weighted by Gasteiger charge is -2.30. The van der Waals surface area contributed by atoms with Crippen LogP contribution >= 0.6 is 0 Å². The molecule has 0 spiro atoms. The van der Waals surface area contributed by atoms with Crippen LogP contribution in [0.4, 0.5) is 5.69 Å². The standard InChI is InChI=1S/C19H18N4O5/c24-17(11-13-1-3-16(4-2-13)23(25)26)22-8-5-14(6-9-22)18-20-21-19(28-18)15-7-10-27-12-15/h1-4,7,10,12,14H,5-6,8-9,11H2. The molecule has 1 aliphatic rings. The third kappa shape index (κ3) is 3.78. The molecule has 3 aromatic rings. The molecule has 3 heterocycles. The molecule has 0 radical (unpaired) electrons. The number of carbonyl (C=O) groups excluding carboxylic acids is 1. The number of hydrogen-bond donors (Lipinski definition) is 0. The first-order valence-corrected chi connectivity index (χ1v) is 8.97. The van der Waals surface area contributed by atoms with Crippen molar-refractivity contribution in [3.8, 4) is 11.5 Å². The van der Waals surface area contributed by atoms with Crippen LogP contribution in [-0.2, 0) is 11.2 Å². The fourth-order valence-electron chi connectivity index (χ4n) is 3.30. The highest BCUT2D eigenvalue weighted by molar-refractivity contribution is 5.79. The molecule has 9 heteroatoms. The summed E-state index contributed by atoms with van der Waals surface area (Å²) >= 11 is 0. The quantitative estimate of drug-likeness (QED) is 0.491. The molecule has 28 heavy (non-hydrogen) atoms. The average molecular weight is 382 g/mol. The zero-order chi connectivity index (χ0) is 19.5. The van der Waals surface area contributed by atoms with Crippen molar-refractivity contribution in [3.05, 3.63) is 64.4 Å². The molecule has 4 rings (SSSR count). The van der Waals surface area contributed by atoms with Crippen molar-refractivity contribution in [1.29, 1.82) is 0 Å². The number of amides is 1. The Labute approximate surface area is 160 Å². The van der Waals surface area contributed by atoms with Gasteiger partial charge in [-0.3, -0.25) is 14.9 Å². The van der Waals surface area contributed by atoms with Gasteiger partial charge in [0.25, 0.3) is 11.6 Å². The molecule has 0 aliphatic carbocycles. The van der Waals surface area contributed by atoms with Crippen LogP contribution in [0.15, 0.2) is 51.7 Å². The molecular weight excluding hydrogens is 364 g/mol. The number of piperidine rings is 1. The van der Waals surface area contributed by atoms with E-state index in [0.717, 1.165) is 24.0 Å². The van der Waals surface area contributed by atoms with Crippen molar-refractivity contribution in [2.24, 2.45) is 0 Å². The molecule has 0 saturated carbocycles. The van der Waals surface area contributed by atoms with E-state index in [-0.39, 0.29) is 23.9 Å². The first-order chi connectivity index (χ1) is 13.6. The summed E-state index contributed by atoms with van der Waals surface area (Å²) < 4.78 is 10.8. The van der Waals surface area contributed by atoms with Crippen LogP contribution in [-0.4, -0.2) is 39.0 Å². The van der Waals surface area contributed by atoms with Crippen molar-refractivity contribution in [2.45, 2.75) is 25.2 Å². The number of hydrogen-bond acceptors (Lipinski definition) is 7. The Morgan fingerprint density at radius 1 is 1.18 bits per heavy atom. The van der Waals surface area contributed by atoms with Gasteiger partial charge in [0.15, 0.2) is 0 Å². The van der Waals surface area contributed by atoms with E-state index >= 15 is 0 Å². The van der Waals surface area contributed by atoms with Gasteiger partial charge in [-0.1, -0.05) is 12.1 Å². The van der Waals surface area contributed by atoms with Crippen LogP contribution in [0.1, 0.15) is 30.2 Å². The monoisotopic (exact) mass is 382 g/mol. The van der Waals surface area contributed by atoms with E-state index in [9.17, 15) is 14.9 Å². The first-order valence-electron chi connectivity index (χ1n) is 8.97. The second-order valence-corrected chi connectivity index (χ2v) is 6.71. The van der Waals surface area contributed by atoms with Gasteiger partial charge in [0.05, 0.1) is 23.2 Å². The highest BCUT2D eigenvalue weighted by Crippen LogP contribution is 2.29. The normalized spacial score (nSPS) is 14.9. The van der Waals surface area contributed by atoms with E-state index in [2.05, 4.69) is 10.2 Å². The molecule has 1 fully saturated rings. The molecule has 2 aromatic heterocycles. The Morgan fingerprint density at radius 3 is 2.57 bits per heavy atom. The number of rotatable bonds is 5. The van der Waals surface area contributed by atoms with E-state index in [1.165, 1.54) is 12.1 Å². The zero-order valence-electron chi connectivity index (χ0n) is 15.0.